The van der Waals surface area contributed by atoms with Gasteiger partial charge in [-0.15, -0.1) is 11.3 Å². The van der Waals surface area contributed by atoms with Crippen LogP contribution in [0.3, 0.4) is 0 Å². The summed E-state index contributed by atoms with van der Waals surface area (Å²) in [7, 11) is 0. The number of hydrogen-bond acceptors (Lipinski definition) is 2. The summed E-state index contributed by atoms with van der Waals surface area (Å²) in [5.74, 6) is 0. The molecule has 2 aromatic rings. The number of nitrogens with zero attached hydrogens (tertiary/aromatic N) is 1. The lowest BCUT2D eigenvalue weighted by Crippen LogP contribution is -1.61. The predicted molar refractivity (Wildman–Crippen MR) is 51.6 cm³/mol. The fourth-order valence-corrected chi connectivity index (χ4v) is 2.09. The Kier molecular flexibility index (Phi) is 1.76. The molecule has 0 saturated heterocycles. The molecule has 0 aliphatic rings. The van der Waals surface area contributed by atoms with Gasteiger partial charge < -0.3 is 0 Å². The van der Waals surface area contributed by atoms with Crippen LogP contribution in [0.25, 0.3) is 10.1 Å². The minimum absolute atomic E-state index is 0.713. The van der Waals surface area contributed by atoms with E-state index in [2.05, 4.69) is 6.07 Å². The Morgan fingerprint density at radius 3 is 2.92 bits per heavy atom. The molecule has 0 unspecified atom stereocenters. The Hall–Kier alpha value is -1.04. The monoisotopic (exact) mass is 193 g/mol. The first-order chi connectivity index (χ1) is 5.79. The molecule has 0 spiro atoms. The van der Waals surface area contributed by atoms with Gasteiger partial charge >= 0.3 is 0 Å². The lowest BCUT2D eigenvalue weighted by Gasteiger charge is -1.87. The van der Waals surface area contributed by atoms with E-state index in [-0.39, 0.29) is 0 Å². The van der Waals surface area contributed by atoms with Crippen LogP contribution in [0.1, 0.15) is 4.88 Å². The first-order valence-corrected chi connectivity index (χ1v) is 4.58. The number of rotatable bonds is 0. The summed E-state index contributed by atoms with van der Waals surface area (Å²) in [4.78, 5) is 0.729. The zero-order valence-corrected chi connectivity index (χ0v) is 7.62. The average Bonchev–Trinajstić information content (AvgIpc) is 2.46. The lowest BCUT2D eigenvalue weighted by molar-refractivity contribution is 1.52. The van der Waals surface area contributed by atoms with Crippen molar-refractivity contribution in [3.8, 4) is 6.07 Å². The van der Waals surface area contributed by atoms with Gasteiger partial charge in [0.2, 0.25) is 0 Å². The molecule has 1 aromatic carbocycles. The molecular formula is C9H4ClNS. The van der Waals surface area contributed by atoms with Crippen molar-refractivity contribution in [2.45, 2.75) is 0 Å². The second-order valence-corrected chi connectivity index (χ2v) is 3.92. The van der Waals surface area contributed by atoms with Crippen LogP contribution in [-0.2, 0) is 0 Å². The highest BCUT2D eigenvalue weighted by Gasteiger charge is 2.00. The van der Waals surface area contributed by atoms with Crippen molar-refractivity contribution in [2.24, 2.45) is 0 Å². The molecule has 0 aliphatic heterocycles. The third kappa shape index (κ3) is 1.18. The molecule has 1 heterocycles. The van der Waals surface area contributed by atoms with Crippen LogP contribution in [0.2, 0.25) is 5.02 Å². The van der Waals surface area contributed by atoms with Crippen molar-refractivity contribution < 1.29 is 0 Å². The van der Waals surface area contributed by atoms with Crippen molar-refractivity contribution in [1.82, 2.24) is 0 Å². The zero-order chi connectivity index (χ0) is 8.55. The highest BCUT2D eigenvalue weighted by molar-refractivity contribution is 7.19. The van der Waals surface area contributed by atoms with Crippen molar-refractivity contribution in [3.63, 3.8) is 0 Å². The zero-order valence-electron chi connectivity index (χ0n) is 6.04. The number of fused-ring (bicyclic) bond motifs is 1. The molecule has 0 amide bonds. The number of benzene rings is 1. The van der Waals surface area contributed by atoms with E-state index in [4.69, 9.17) is 16.9 Å². The maximum atomic E-state index is 8.64. The Labute approximate surface area is 78.8 Å². The van der Waals surface area contributed by atoms with Gasteiger partial charge in [0.25, 0.3) is 0 Å². The van der Waals surface area contributed by atoms with Crippen LogP contribution in [0.4, 0.5) is 0 Å². The van der Waals surface area contributed by atoms with Crippen LogP contribution in [0.5, 0.6) is 0 Å². The standard InChI is InChI=1S/C9H4ClNS/c10-7-1-2-9-6(3-7)4-8(5-11)12-9/h1-4H. The van der Waals surface area contributed by atoms with Gasteiger partial charge in [-0.3, -0.25) is 0 Å². The maximum absolute atomic E-state index is 8.64. The summed E-state index contributed by atoms with van der Waals surface area (Å²) >= 11 is 7.28. The fourth-order valence-electron chi connectivity index (χ4n) is 1.07. The second kappa shape index (κ2) is 2.78. The molecule has 0 aliphatic carbocycles. The van der Waals surface area contributed by atoms with Gasteiger partial charge in [0, 0.05) is 9.72 Å². The van der Waals surface area contributed by atoms with E-state index in [1.54, 1.807) is 0 Å². The molecular weight excluding hydrogens is 190 g/mol. The number of thiophene rings is 1. The molecule has 0 saturated carbocycles. The van der Waals surface area contributed by atoms with Gasteiger partial charge in [0.15, 0.2) is 0 Å². The average molecular weight is 194 g/mol. The third-order valence-electron chi connectivity index (χ3n) is 1.59. The van der Waals surface area contributed by atoms with Gasteiger partial charge in [-0.05, 0) is 29.7 Å². The van der Waals surface area contributed by atoms with Crippen LogP contribution in [0.15, 0.2) is 24.3 Å². The van der Waals surface area contributed by atoms with Crippen molar-refractivity contribution in [1.29, 1.82) is 5.26 Å². The van der Waals surface area contributed by atoms with Crippen LogP contribution in [0, 0.1) is 11.3 Å². The van der Waals surface area contributed by atoms with Gasteiger partial charge in [-0.25, -0.2) is 0 Å². The predicted octanol–water partition coefficient (Wildman–Crippen LogP) is 3.43. The summed E-state index contributed by atoms with van der Waals surface area (Å²) in [5.41, 5.74) is 0. The fraction of sp³-hybridized carbons (Fsp3) is 0. The van der Waals surface area contributed by atoms with E-state index < -0.39 is 0 Å². The van der Waals surface area contributed by atoms with E-state index in [0.29, 0.717) is 5.02 Å². The summed E-state index contributed by atoms with van der Waals surface area (Å²) in [6.07, 6.45) is 0. The van der Waals surface area contributed by atoms with Gasteiger partial charge in [-0.1, -0.05) is 11.6 Å². The minimum atomic E-state index is 0.713. The van der Waals surface area contributed by atoms with Crippen LogP contribution >= 0.6 is 22.9 Å². The van der Waals surface area contributed by atoms with Gasteiger partial charge in [0.05, 0.1) is 0 Å². The van der Waals surface area contributed by atoms with E-state index in [0.717, 1.165) is 15.0 Å². The van der Waals surface area contributed by atoms with E-state index in [1.807, 2.05) is 24.3 Å². The highest BCUT2D eigenvalue weighted by Crippen LogP contribution is 2.27. The molecule has 1 nitrogen and oxygen atoms in total. The van der Waals surface area contributed by atoms with Crippen molar-refractivity contribution >= 4 is 33.0 Å². The Morgan fingerprint density at radius 1 is 1.33 bits per heavy atom. The molecule has 0 N–H and O–H groups in total. The molecule has 12 heavy (non-hydrogen) atoms. The van der Waals surface area contributed by atoms with Gasteiger partial charge in [0.1, 0.15) is 10.9 Å². The minimum Gasteiger partial charge on any atom is -0.192 e. The summed E-state index contributed by atoms with van der Waals surface area (Å²) in [6.45, 7) is 0. The first kappa shape index (κ1) is 7.60. The quantitative estimate of drug-likeness (QED) is 0.629. The molecule has 1 aromatic heterocycles. The van der Waals surface area contributed by atoms with Crippen molar-refractivity contribution in [3.05, 3.63) is 34.2 Å². The summed E-state index contributed by atoms with van der Waals surface area (Å²) in [6, 6.07) is 9.60. The molecule has 0 atom stereocenters. The maximum Gasteiger partial charge on any atom is 0.110 e. The Balaban J connectivity index is 2.77. The molecule has 0 radical (unpaired) electrons. The van der Waals surface area contributed by atoms with Gasteiger partial charge in [-0.2, -0.15) is 5.26 Å². The normalized spacial score (nSPS) is 10.0. The molecule has 2 rings (SSSR count). The largest absolute Gasteiger partial charge is 0.192 e. The first-order valence-electron chi connectivity index (χ1n) is 3.39. The Bertz CT molecular complexity index is 467. The SMILES string of the molecule is N#Cc1cc2cc(Cl)ccc2s1. The number of hydrogen-bond donors (Lipinski definition) is 0. The Morgan fingerprint density at radius 2 is 2.17 bits per heavy atom. The van der Waals surface area contributed by atoms with E-state index in [9.17, 15) is 0 Å². The van der Waals surface area contributed by atoms with Crippen LogP contribution < -0.4 is 0 Å². The molecule has 0 bridgehead atoms. The molecule has 0 fully saturated rings. The van der Waals surface area contributed by atoms with E-state index >= 15 is 0 Å². The number of halogens is 1. The highest BCUT2D eigenvalue weighted by atomic mass is 35.5. The smallest absolute Gasteiger partial charge is 0.110 e. The molecule has 58 valence electrons. The second-order valence-electron chi connectivity index (χ2n) is 2.40. The van der Waals surface area contributed by atoms with Crippen LogP contribution in [-0.4, -0.2) is 0 Å². The molecule has 3 heteroatoms. The third-order valence-corrected chi connectivity index (χ3v) is 2.84. The van der Waals surface area contributed by atoms with E-state index in [1.165, 1.54) is 11.3 Å². The number of nitriles is 1. The summed E-state index contributed by atoms with van der Waals surface area (Å²) in [5, 5.41) is 10.4. The van der Waals surface area contributed by atoms with Crippen molar-refractivity contribution in [2.75, 3.05) is 0 Å². The topological polar surface area (TPSA) is 23.8 Å². The summed E-state index contributed by atoms with van der Waals surface area (Å²) < 4.78 is 1.11. The lowest BCUT2D eigenvalue weighted by atomic mass is 10.2.